The number of hydrogen-bond donors (Lipinski definition) is 1. The molecule has 0 aliphatic heterocycles. The number of benzene rings is 2. The van der Waals surface area contributed by atoms with Crippen molar-refractivity contribution in [2.24, 2.45) is 5.92 Å². The highest BCUT2D eigenvalue weighted by atomic mass is 35.5. The molecular weight excluding hydrogens is 476 g/mol. The van der Waals surface area contributed by atoms with Crippen molar-refractivity contribution < 1.29 is 14.0 Å². The average molecular weight is 503 g/mol. The van der Waals surface area contributed by atoms with Crippen LogP contribution in [0.2, 0.25) is 5.02 Å². The van der Waals surface area contributed by atoms with Crippen LogP contribution in [-0.4, -0.2) is 32.8 Å². The molecule has 1 aliphatic rings. The molecule has 1 fully saturated rings. The molecule has 0 atom stereocenters. The first-order chi connectivity index (χ1) is 17.6. The molecule has 0 radical (unpaired) electrons. The second-order valence-corrected chi connectivity index (χ2v) is 9.41. The number of nitrogens with one attached hydrogen (secondary N) is 1. The number of carbonyl (C=O) groups is 2. The highest BCUT2D eigenvalue weighted by Crippen LogP contribution is 2.28. The van der Waals surface area contributed by atoms with Gasteiger partial charge in [-0.15, -0.1) is 0 Å². The molecule has 0 spiro atoms. The van der Waals surface area contributed by atoms with E-state index >= 15 is 0 Å². The minimum absolute atomic E-state index is 0.0118. The van der Waals surface area contributed by atoms with Crippen LogP contribution >= 0.6 is 11.6 Å². The van der Waals surface area contributed by atoms with Crippen LogP contribution in [0.4, 0.5) is 5.95 Å². The zero-order valence-electron chi connectivity index (χ0n) is 19.8. The minimum atomic E-state index is -0.332. The molecule has 1 N–H and O–H groups in total. The third-order valence-electron chi connectivity index (χ3n) is 6.39. The second kappa shape index (κ2) is 10.8. The number of hydrogen-bond acceptors (Lipinski definition) is 4. The zero-order valence-corrected chi connectivity index (χ0v) is 20.5. The molecule has 184 valence electrons. The van der Waals surface area contributed by atoms with E-state index in [2.05, 4.69) is 5.32 Å². The number of carbonyl (C=O) groups excluding carboxylic acids is 2. The SMILES string of the molecule is O=C(CN(Cc1ccco1)C(=O)C1CCCC1)Nc1nc(-c2ccccc2)cn1-c1cccc(Cl)c1. The Hall–Kier alpha value is -3.84. The van der Waals surface area contributed by atoms with Gasteiger partial charge in [-0.05, 0) is 43.2 Å². The Morgan fingerprint density at radius 3 is 2.58 bits per heavy atom. The summed E-state index contributed by atoms with van der Waals surface area (Å²) in [6.07, 6.45) is 7.22. The van der Waals surface area contributed by atoms with Crippen LogP contribution in [0, 0.1) is 5.92 Å². The quantitative estimate of drug-likeness (QED) is 0.323. The van der Waals surface area contributed by atoms with Gasteiger partial charge < -0.3 is 9.32 Å². The van der Waals surface area contributed by atoms with E-state index in [1.807, 2.05) is 54.7 Å². The van der Waals surface area contributed by atoms with Gasteiger partial charge in [0.15, 0.2) is 0 Å². The summed E-state index contributed by atoms with van der Waals surface area (Å²) in [5.74, 6) is 0.600. The summed E-state index contributed by atoms with van der Waals surface area (Å²) >= 11 is 6.24. The number of imidazole rings is 1. The molecule has 36 heavy (non-hydrogen) atoms. The third-order valence-corrected chi connectivity index (χ3v) is 6.63. The summed E-state index contributed by atoms with van der Waals surface area (Å²) < 4.78 is 7.26. The van der Waals surface area contributed by atoms with Crippen LogP contribution in [0.15, 0.2) is 83.6 Å². The van der Waals surface area contributed by atoms with Crippen molar-refractivity contribution in [1.29, 1.82) is 0 Å². The third kappa shape index (κ3) is 5.52. The summed E-state index contributed by atoms with van der Waals surface area (Å²) in [7, 11) is 0. The number of amides is 2. The maximum Gasteiger partial charge on any atom is 0.246 e. The summed E-state index contributed by atoms with van der Waals surface area (Å²) in [5.41, 5.74) is 2.40. The fraction of sp³-hybridized carbons (Fsp3) is 0.250. The van der Waals surface area contributed by atoms with Crippen molar-refractivity contribution in [3.8, 4) is 16.9 Å². The molecule has 2 aromatic heterocycles. The Morgan fingerprint density at radius 1 is 1.06 bits per heavy atom. The Bertz CT molecular complexity index is 1330. The Morgan fingerprint density at radius 2 is 1.86 bits per heavy atom. The molecule has 0 bridgehead atoms. The van der Waals surface area contributed by atoms with Crippen LogP contribution in [0.25, 0.3) is 16.9 Å². The lowest BCUT2D eigenvalue weighted by molar-refractivity contribution is -0.139. The summed E-state index contributed by atoms with van der Waals surface area (Å²) in [6.45, 7) is 0.146. The fourth-order valence-electron chi connectivity index (χ4n) is 4.61. The van der Waals surface area contributed by atoms with Gasteiger partial charge in [-0.2, -0.15) is 0 Å². The molecule has 4 aromatic rings. The van der Waals surface area contributed by atoms with Crippen molar-refractivity contribution in [1.82, 2.24) is 14.5 Å². The van der Waals surface area contributed by atoms with Crippen molar-refractivity contribution in [2.45, 2.75) is 32.2 Å². The first-order valence-corrected chi connectivity index (χ1v) is 12.5. The van der Waals surface area contributed by atoms with Gasteiger partial charge in [0.2, 0.25) is 17.8 Å². The maximum absolute atomic E-state index is 13.3. The lowest BCUT2D eigenvalue weighted by Gasteiger charge is -2.24. The topological polar surface area (TPSA) is 80.4 Å². The van der Waals surface area contributed by atoms with E-state index in [0.29, 0.717) is 22.4 Å². The normalized spacial score (nSPS) is 13.6. The van der Waals surface area contributed by atoms with Crippen LogP contribution in [0.5, 0.6) is 0 Å². The van der Waals surface area contributed by atoms with E-state index in [4.69, 9.17) is 21.0 Å². The number of furan rings is 1. The second-order valence-electron chi connectivity index (χ2n) is 8.97. The van der Waals surface area contributed by atoms with Gasteiger partial charge in [-0.1, -0.05) is 60.8 Å². The van der Waals surface area contributed by atoms with Crippen LogP contribution in [0.3, 0.4) is 0 Å². The lowest BCUT2D eigenvalue weighted by atomic mass is 10.1. The van der Waals surface area contributed by atoms with Crippen molar-refractivity contribution in [3.63, 3.8) is 0 Å². The van der Waals surface area contributed by atoms with E-state index in [0.717, 1.165) is 36.9 Å². The van der Waals surface area contributed by atoms with Gasteiger partial charge in [0.25, 0.3) is 0 Å². The molecule has 2 aromatic carbocycles. The molecule has 1 aliphatic carbocycles. The van der Waals surface area contributed by atoms with Crippen LogP contribution < -0.4 is 5.32 Å². The average Bonchev–Trinajstić information content (AvgIpc) is 3.66. The van der Waals surface area contributed by atoms with Crippen molar-refractivity contribution in [3.05, 3.63) is 90.0 Å². The standard InChI is InChI=1S/C28H27ClN4O3/c29-22-12-6-13-23(16-22)33-18-25(20-8-2-1-3-9-20)30-28(33)31-26(34)19-32(17-24-14-7-15-36-24)27(35)21-10-4-5-11-21/h1-3,6-9,12-16,18,21H,4-5,10-11,17,19H2,(H,30,31,34). The molecule has 0 unspecified atom stereocenters. The molecule has 7 nitrogen and oxygen atoms in total. The van der Waals surface area contributed by atoms with Gasteiger partial charge >= 0.3 is 0 Å². The minimum Gasteiger partial charge on any atom is -0.467 e. The van der Waals surface area contributed by atoms with Gasteiger partial charge in [0.05, 0.1) is 18.5 Å². The molecule has 1 saturated carbocycles. The molecule has 2 heterocycles. The van der Waals surface area contributed by atoms with E-state index < -0.39 is 0 Å². The number of anilines is 1. The largest absolute Gasteiger partial charge is 0.467 e. The van der Waals surface area contributed by atoms with E-state index in [1.54, 1.807) is 33.9 Å². The highest BCUT2D eigenvalue weighted by molar-refractivity contribution is 6.30. The number of nitrogens with zero attached hydrogens (tertiary/aromatic N) is 3. The Kier molecular flexibility index (Phi) is 7.18. The van der Waals surface area contributed by atoms with Crippen molar-refractivity contribution >= 4 is 29.4 Å². The molecule has 2 amide bonds. The predicted molar refractivity (Wildman–Crippen MR) is 139 cm³/mol. The lowest BCUT2D eigenvalue weighted by Crippen LogP contribution is -2.40. The van der Waals surface area contributed by atoms with Gasteiger partial charge in [0.1, 0.15) is 12.3 Å². The smallest absolute Gasteiger partial charge is 0.246 e. The fourth-order valence-corrected chi connectivity index (χ4v) is 4.79. The Balaban J connectivity index is 1.40. The molecule has 0 saturated heterocycles. The van der Waals surface area contributed by atoms with E-state index in [9.17, 15) is 9.59 Å². The van der Waals surface area contributed by atoms with Gasteiger partial charge in [-0.25, -0.2) is 4.98 Å². The number of aromatic nitrogens is 2. The van der Waals surface area contributed by atoms with Gasteiger partial charge in [-0.3, -0.25) is 19.5 Å². The van der Waals surface area contributed by atoms with Crippen LogP contribution in [0.1, 0.15) is 31.4 Å². The Labute approximate surface area is 214 Å². The summed E-state index contributed by atoms with van der Waals surface area (Å²) in [4.78, 5) is 32.8. The zero-order chi connectivity index (χ0) is 24.9. The molecular formula is C28H27ClN4O3. The summed E-state index contributed by atoms with van der Waals surface area (Å²) in [6, 6.07) is 20.7. The maximum atomic E-state index is 13.3. The van der Waals surface area contributed by atoms with Crippen molar-refractivity contribution in [2.75, 3.05) is 11.9 Å². The first kappa shape index (κ1) is 23.9. The van der Waals surface area contributed by atoms with E-state index in [1.165, 1.54) is 0 Å². The predicted octanol–water partition coefficient (Wildman–Crippen LogP) is 5.94. The summed E-state index contributed by atoms with van der Waals surface area (Å²) in [5, 5.41) is 3.49. The van der Waals surface area contributed by atoms with Gasteiger partial charge in [0, 0.05) is 28.4 Å². The first-order valence-electron chi connectivity index (χ1n) is 12.1. The number of rotatable bonds is 8. The monoisotopic (exact) mass is 502 g/mol. The molecule has 8 heteroatoms. The van der Waals surface area contributed by atoms with E-state index in [-0.39, 0.29) is 30.8 Å². The molecule has 5 rings (SSSR count). The van der Waals surface area contributed by atoms with Crippen LogP contribution in [-0.2, 0) is 16.1 Å². The highest BCUT2D eigenvalue weighted by Gasteiger charge is 2.29. The number of halogens is 1.